The summed E-state index contributed by atoms with van der Waals surface area (Å²) in [5.74, 6) is 1.79. The van der Waals surface area contributed by atoms with Crippen molar-refractivity contribution in [3.63, 3.8) is 0 Å². The van der Waals surface area contributed by atoms with E-state index in [0.717, 1.165) is 69.2 Å². The van der Waals surface area contributed by atoms with Crippen LogP contribution in [0.3, 0.4) is 0 Å². The molecule has 1 aromatic carbocycles. The molecule has 3 heterocycles. The fourth-order valence-electron chi connectivity index (χ4n) is 3.62. The van der Waals surface area contributed by atoms with Gasteiger partial charge in [-0.3, -0.25) is 4.79 Å². The van der Waals surface area contributed by atoms with E-state index in [-0.39, 0.29) is 0 Å². The number of nitrogens with zero attached hydrogens (tertiary/aromatic N) is 2. The van der Waals surface area contributed by atoms with Crippen LogP contribution in [0.2, 0.25) is 0 Å². The molecule has 7 nitrogen and oxygen atoms in total. The monoisotopic (exact) mass is 367 g/mol. The van der Waals surface area contributed by atoms with E-state index >= 15 is 0 Å². The molecule has 1 fully saturated rings. The van der Waals surface area contributed by atoms with Crippen molar-refractivity contribution in [3.05, 3.63) is 41.1 Å². The molecule has 1 saturated heterocycles. The molecule has 27 heavy (non-hydrogen) atoms. The molecule has 1 amide bonds. The van der Waals surface area contributed by atoms with Crippen molar-refractivity contribution < 1.29 is 9.53 Å². The maximum atomic E-state index is 11.3. The lowest BCUT2D eigenvalue weighted by molar-refractivity contribution is 0.100. The van der Waals surface area contributed by atoms with Gasteiger partial charge in [0.05, 0.1) is 5.69 Å². The van der Waals surface area contributed by atoms with Crippen LogP contribution in [-0.2, 0) is 17.7 Å². The average Bonchev–Trinajstić information content (AvgIpc) is 3.21. The maximum Gasteiger partial charge on any atom is 0.248 e. The number of benzene rings is 1. The van der Waals surface area contributed by atoms with Gasteiger partial charge in [-0.15, -0.1) is 0 Å². The molecule has 4 N–H and O–H groups in total. The van der Waals surface area contributed by atoms with Crippen molar-refractivity contribution in [2.75, 3.05) is 31.6 Å². The number of rotatable bonds is 6. The predicted molar refractivity (Wildman–Crippen MR) is 103 cm³/mol. The number of nitrogens with two attached hydrogens (primary N) is 1. The molecule has 2 aliphatic rings. The van der Waals surface area contributed by atoms with Gasteiger partial charge in [-0.05, 0) is 43.9 Å². The van der Waals surface area contributed by atoms with Gasteiger partial charge in [0.2, 0.25) is 5.91 Å². The van der Waals surface area contributed by atoms with Gasteiger partial charge < -0.3 is 21.1 Å². The number of anilines is 1. The molecule has 0 radical (unpaired) electrons. The number of nitrogens with one attached hydrogen (secondary N) is 2. The predicted octanol–water partition coefficient (Wildman–Crippen LogP) is 1.73. The quantitative estimate of drug-likeness (QED) is 0.719. The van der Waals surface area contributed by atoms with E-state index in [0.29, 0.717) is 17.3 Å². The molecule has 2 aromatic rings. The largest absolute Gasteiger partial charge is 0.381 e. The van der Waals surface area contributed by atoms with Gasteiger partial charge in [-0.25, -0.2) is 9.97 Å². The van der Waals surface area contributed by atoms with Crippen molar-refractivity contribution in [3.8, 4) is 11.4 Å². The van der Waals surface area contributed by atoms with Gasteiger partial charge in [0.15, 0.2) is 5.82 Å². The van der Waals surface area contributed by atoms with Crippen molar-refractivity contribution in [2.45, 2.75) is 25.8 Å². The molecular weight excluding hydrogens is 342 g/mol. The van der Waals surface area contributed by atoms with Crippen LogP contribution in [0.15, 0.2) is 24.3 Å². The molecule has 4 rings (SSSR count). The molecule has 0 bridgehead atoms. The number of carbonyl (C=O) groups excluding carboxylic acids is 1. The Bertz CT molecular complexity index is 816. The smallest absolute Gasteiger partial charge is 0.248 e. The lowest BCUT2D eigenvalue weighted by atomic mass is 10.0. The first kappa shape index (κ1) is 17.9. The SMILES string of the molecule is NC(=O)c1ccc(-c2nc3c(c(NCC[C@H]4CCOC4)n2)CCNC3)cc1. The van der Waals surface area contributed by atoms with Crippen LogP contribution >= 0.6 is 0 Å². The minimum atomic E-state index is -0.435. The second kappa shape index (κ2) is 8.02. The Kier molecular flexibility index (Phi) is 5.31. The fourth-order valence-corrected chi connectivity index (χ4v) is 3.62. The van der Waals surface area contributed by atoms with E-state index in [1.807, 2.05) is 12.1 Å². The highest BCUT2D eigenvalue weighted by atomic mass is 16.5. The average molecular weight is 367 g/mol. The minimum absolute atomic E-state index is 0.435. The third kappa shape index (κ3) is 4.09. The molecule has 0 saturated carbocycles. The van der Waals surface area contributed by atoms with Gasteiger partial charge in [0, 0.05) is 43.0 Å². The summed E-state index contributed by atoms with van der Waals surface area (Å²) in [5, 5.41) is 6.91. The number of aromatic nitrogens is 2. The summed E-state index contributed by atoms with van der Waals surface area (Å²) in [6.07, 6.45) is 3.15. The van der Waals surface area contributed by atoms with Crippen molar-refractivity contribution in [1.82, 2.24) is 15.3 Å². The highest BCUT2D eigenvalue weighted by Gasteiger charge is 2.19. The van der Waals surface area contributed by atoms with Crippen LogP contribution < -0.4 is 16.4 Å². The highest BCUT2D eigenvalue weighted by molar-refractivity contribution is 5.93. The number of amides is 1. The first-order valence-corrected chi connectivity index (χ1v) is 9.53. The second-order valence-corrected chi connectivity index (χ2v) is 7.13. The third-order valence-corrected chi connectivity index (χ3v) is 5.23. The van der Waals surface area contributed by atoms with Crippen LogP contribution in [0, 0.1) is 5.92 Å². The molecule has 2 aliphatic heterocycles. The Morgan fingerprint density at radius 1 is 1.30 bits per heavy atom. The summed E-state index contributed by atoms with van der Waals surface area (Å²) in [7, 11) is 0. The lowest BCUT2D eigenvalue weighted by Crippen LogP contribution is -2.27. The Labute approximate surface area is 158 Å². The number of fused-ring (bicyclic) bond motifs is 1. The summed E-state index contributed by atoms with van der Waals surface area (Å²) in [4.78, 5) is 20.8. The molecular formula is C20H25N5O2. The fraction of sp³-hybridized carbons (Fsp3) is 0.450. The van der Waals surface area contributed by atoms with Crippen molar-refractivity contribution in [2.24, 2.45) is 11.7 Å². The summed E-state index contributed by atoms with van der Waals surface area (Å²) in [6.45, 7) is 4.31. The second-order valence-electron chi connectivity index (χ2n) is 7.13. The molecule has 0 unspecified atom stereocenters. The molecule has 142 valence electrons. The first-order chi connectivity index (χ1) is 13.2. The van der Waals surface area contributed by atoms with Crippen LogP contribution in [0.1, 0.15) is 34.5 Å². The number of hydrogen-bond acceptors (Lipinski definition) is 6. The normalized spacial score (nSPS) is 18.9. The highest BCUT2D eigenvalue weighted by Crippen LogP contribution is 2.26. The van der Waals surface area contributed by atoms with Crippen LogP contribution in [0.5, 0.6) is 0 Å². The van der Waals surface area contributed by atoms with E-state index in [9.17, 15) is 4.79 Å². The van der Waals surface area contributed by atoms with Crippen molar-refractivity contribution in [1.29, 1.82) is 0 Å². The van der Waals surface area contributed by atoms with E-state index in [1.165, 1.54) is 5.56 Å². The summed E-state index contributed by atoms with van der Waals surface area (Å²) < 4.78 is 5.46. The zero-order valence-corrected chi connectivity index (χ0v) is 15.3. The zero-order chi connectivity index (χ0) is 18.6. The van der Waals surface area contributed by atoms with E-state index in [4.69, 9.17) is 20.4 Å². The Hall–Kier alpha value is -2.51. The Morgan fingerprint density at radius 3 is 2.89 bits per heavy atom. The van der Waals surface area contributed by atoms with Crippen LogP contribution in [-0.4, -0.2) is 42.2 Å². The number of primary amides is 1. The Balaban J connectivity index is 1.57. The maximum absolute atomic E-state index is 11.3. The van der Waals surface area contributed by atoms with E-state index in [1.54, 1.807) is 12.1 Å². The summed E-state index contributed by atoms with van der Waals surface area (Å²) in [6, 6.07) is 7.12. The number of ether oxygens (including phenoxy) is 1. The summed E-state index contributed by atoms with van der Waals surface area (Å²) >= 11 is 0. The van der Waals surface area contributed by atoms with Gasteiger partial charge in [-0.2, -0.15) is 0 Å². The van der Waals surface area contributed by atoms with Gasteiger partial charge in [-0.1, -0.05) is 12.1 Å². The van der Waals surface area contributed by atoms with Crippen LogP contribution in [0.4, 0.5) is 5.82 Å². The molecule has 0 spiro atoms. The molecule has 0 aliphatic carbocycles. The first-order valence-electron chi connectivity index (χ1n) is 9.53. The Morgan fingerprint density at radius 2 is 2.15 bits per heavy atom. The molecule has 1 aromatic heterocycles. The van der Waals surface area contributed by atoms with Gasteiger partial charge in [0.1, 0.15) is 5.82 Å². The molecule has 1 atom stereocenters. The van der Waals surface area contributed by atoms with E-state index in [2.05, 4.69) is 10.6 Å². The van der Waals surface area contributed by atoms with Crippen molar-refractivity contribution >= 4 is 11.7 Å². The van der Waals surface area contributed by atoms with Gasteiger partial charge >= 0.3 is 0 Å². The molecule has 7 heteroatoms. The minimum Gasteiger partial charge on any atom is -0.381 e. The van der Waals surface area contributed by atoms with Crippen LogP contribution in [0.25, 0.3) is 11.4 Å². The standard InChI is InChI=1S/C20H25N5O2/c21-18(26)14-1-3-15(4-2-14)19-24-17-11-22-8-6-16(17)20(25-19)23-9-5-13-7-10-27-12-13/h1-4,13,22H,5-12H2,(H2,21,26)(H,23,24,25)/t13-/m0/s1. The third-order valence-electron chi connectivity index (χ3n) is 5.23. The topological polar surface area (TPSA) is 102 Å². The lowest BCUT2D eigenvalue weighted by Gasteiger charge is -2.21. The zero-order valence-electron chi connectivity index (χ0n) is 15.3. The number of carbonyl (C=O) groups is 1. The van der Waals surface area contributed by atoms with Gasteiger partial charge in [0.25, 0.3) is 0 Å². The van der Waals surface area contributed by atoms with E-state index < -0.39 is 5.91 Å². The number of hydrogen-bond donors (Lipinski definition) is 3. The summed E-state index contributed by atoms with van der Waals surface area (Å²) in [5.41, 5.74) is 8.93.